The smallest absolute Gasteiger partial charge is 0.292 e. The van der Waals surface area contributed by atoms with Crippen LogP contribution in [0.5, 0.6) is 0 Å². The number of amides is 1. The summed E-state index contributed by atoms with van der Waals surface area (Å²) < 4.78 is 0. The zero-order valence-corrected chi connectivity index (χ0v) is 15.3. The predicted molar refractivity (Wildman–Crippen MR) is 105 cm³/mol. The van der Waals surface area contributed by atoms with Gasteiger partial charge >= 0.3 is 0 Å². The molecule has 0 saturated carbocycles. The van der Waals surface area contributed by atoms with Crippen LogP contribution in [0.4, 0.5) is 17.1 Å². The van der Waals surface area contributed by atoms with Crippen LogP contribution in [0.3, 0.4) is 0 Å². The van der Waals surface area contributed by atoms with Crippen LogP contribution in [-0.2, 0) is 6.42 Å². The van der Waals surface area contributed by atoms with E-state index in [1.165, 1.54) is 0 Å². The number of hydrogen-bond donors (Lipinski definition) is 1. The van der Waals surface area contributed by atoms with E-state index in [9.17, 15) is 14.9 Å². The molecule has 1 saturated heterocycles. The number of benzene rings is 2. The number of rotatable bonds is 3. The minimum atomic E-state index is -0.308. The van der Waals surface area contributed by atoms with E-state index in [4.69, 9.17) is 0 Å². The van der Waals surface area contributed by atoms with Crippen molar-refractivity contribution in [3.8, 4) is 0 Å². The van der Waals surface area contributed by atoms with E-state index in [-0.39, 0.29) is 16.5 Å². The van der Waals surface area contributed by atoms with Gasteiger partial charge in [-0.15, -0.1) is 0 Å². The monoisotopic (exact) mass is 366 g/mol. The maximum Gasteiger partial charge on any atom is 0.292 e. The highest BCUT2D eigenvalue weighted by molar-refractivity contribution is 5.94. The number of aryl methyl sites for hydroxylation is 1. The number of anilines is 2. The summed E-state index contributed by atoms with van der Waals surface area (Å²) in [4.78, 5) is 27.8. The van der Waals surface area contributed by atoms with Crippen LogP contribution in [0.25, 0.3) is 0 Å². The molecule has 2 aromatic carbocycles. The summed E-state index contributed by atoms with van der Waals surface area (Å²) in [6.07, 6.45) is 0.787. The molecule has 0 unspecified atom stereocenters. The predicted octanol–water partition coefficient (Wildman–Crippen LogP) is 2.83. The summed E-state index contributed by atoms with van der Waals surface area (Å²) in [5.41, 5.74) is 4.66. The van der Waals surface area contributed by atoms with Crippen molar-refractivity contribution >= 4 is 23.0 Å². The Hall–Kier alpha value is -3.09. The second kappa shape index (κ2) is 6.90. The molecule has 1 N–H and O–H groups in total. The Morgan fingerprint density at radius 3 is 2.44 bits per heavy atom. The van der Waals surface area contributed by atoms with Crippen molar-refractivity contribution in [2.45, 2.75) is 13.3 Å². The first-order valence-electron chi connectivity index (χ1n) is 9.19. The summed E-state index contributed by atoms with van der Waals surface area (Å²) in [5.74, 6) is 0.0177. The van der Waals surface area contributed by atoms with Gasteiger partial charge in [0.2, 0.25) is 0 Å². The number of hydrogen-bond acceptors (Lipinski definition) is 5. The Morgan fingerprint density at radius 2 is 1.78 bits per heavy atom. The molecule has 4 rings (SSSR count). The number of nitrogens with one attached hydrogen (secondary N) is 1. The number of nitro benzene ring substituents is 1. The molecular formula is C20H22N4O3. The maximum atomic E-state index is 12.7. The molecule has 2 aromatic rings. The minimum absolute atomic E-state index is 0.0177. The first-order valence-corrected chi connectivity index (χ1v) is 9.19. The van der Waals surface area contributed by atoms with E-state index >= 15 is 0 Å². The number of piperazine rings is 1. The highest BCUT2D eigenvalue weighted by atomic mass is 16.6. The Bertz CT molecular complexity index is 887. The molecule has 0 atom stereocenters. The average Bonchev–Trinajstić information content (AvgIpc) is 3.16. The molecule has 0 aromatic heterocycles. The zero-order valence-electron chi connectivity index (χ0n) is 15.3. The topological polar surface area (TPSA) is 78.7 Å². The SMILES string of the molecule is Cc1ccc(C(=O)N2CCN(c3c([N+](=O)[O-])ccc4c3CCN4)CC2)cc1. The number of nitrogens with zero attached hydrogens (tertiary/aromatic N) is 3. The van der Waals surface area contributed by atoms with Gasteiger partial charge in [-0.25, -0.2) is 0 Å². The Morgan fingerprint density at radius 1 is 1.07 bits per heavy atom. The lowest BCUT2D eigenvalue weighted by atomic mass is 10.1. The summed E-state index contributed by atoms with van der Waals surface area (Å²) >= 11 is 0. The average molecular weight is 366 g/mol. The van der Waals surface area contributed by atoms with E-state index in [2.05, 4.69) is 10.2 Å². The summed E-state index contributed by atoms with van der Waals surface area (Å²) in [5, 5.41) is 14.8. The van der Waals surface area contributed by atoms with Gasteiger partial charge in [-0.3, -0.25) is 14.9 Å². The van der Waals surface area contributed by atoms with Crippen LogP contribution in [0.15, 0.2) is 36.4 Å². The number of carbonyl (C=O) groups is 1. The molecule has 2 aliphatic rings. The van der Waals surface area contributed by atoms with Gasteiger partial charge in [0, 0.05) is 55.6 Å². The van der Waals surface area contributed by atoms with Gasteiger partial charge in [0.15, 0.2) is 0 Å². The summed E-state index contributed by atoms with van der Waals surface area (Å²) in [6, 6.07) is 11.0. The molecule has 0 aliphatic carbocycles. The van der Waals surface area contributed by atoms with Crippen molar-refractivity contribution < 1.29 is 9.72 Å². The van der Waals surface area contributed by atoms with Crippen LogP contribution in [-0.4, -0.2) is 48.5 Å². The largest absolute Gasteiger partial charge is 0.384 e. The molecule has 2 heterocycles. The van der Waals surface area contributed by atoms with Gasteiger partial charge in [0.05, 0.1) is 4.92 Å². The van der Waals surface area contributed by atoms with Gasteiger partial charge in [-0.1, -0.05) is 17.7 Å². The summed E-state index contributed by atoms with van der Waals surface area (Å²) in [6.45, 7) is 5.09. The minimum Gasteiger partial charge on any atom is -0.384 e. The molecule has 27 heavy (non-hydrogen) atoms. The fraction of sp³-hybridized carbons (Fsp3) is 0.350. The van der Waals surface area contributed by atoms with Crippen molar-refractivity contribution in [3.05, 3.63) is 63.2 Å². The van der Waals surface area contributed by atoms with Crippen LogP contribution in [0.2, 0.25) is 0 Å². The van der Waals surface area contributed by atoms with E-state index in [0.29, 0.717) is 37.4 Å². The molecule has 2 aliphatic heterocycles. The molecule has 1 fully saturated rings. The van der Waals surface area contributed by atoms with Crippen LogP contribution < -0.4 is 10.2 Å². The Balaban J connectivity index is 1.53. The number of fused-ring (bicyclic) bond motifs is 1. The molecule has 7 nitrogen and oxygen atoms in total. The van der Waals surface area contributed by atoms with E-state index < -0.39 is 0 Å². The second-order valence-electron chi connectivity index (χ2n) is 7.04. The fourth-order valence-electron chi connectivity index (χ4n) is 3.88. The summed E-state index contributed by atoms with van der Waals surface area (Å²) in [7, 11) is 0. The van der Waals surface area contributed by atoms with Gasteiger partial charge in [0.25, 0.3) is 11.6 Å². The van der Waals surface area contributed by atoms with Gasteiger partial charge < -0.3 is 15.1 Å². The molecule has 0 spiro atoms. The zero-order chi connectivity index (χ0) is 19.0. The number of carbonyl (C=O) groups excluding carboxylic acids is 1. The lowest BCUT2D eigenvalue weighted by Gasteiger charge is -2.36. The van der Waals surface area contributed by atoms with Crippen LogP contribution in [0.1, 0.15) is 21.5 Å². The fourth-order valence-corrected chi connectivity index (χ4v) is 3.88. The maximum absolute atomic E-state index is 12.7. The Kier molecular flexibility index (Phi) is 4.43. The van der Waals surface area contributed by atoms with Crippen molar-refractivity contribution in [2.24, 2.45) is 0 Å². The highest BCUT2D eigenvalue weighted by Crippen LogP contribution is 2.39. The molecule has 0 radical (unpaired) electrons. The lowest BCUT2D eigenvalue weighted by molar-refractivity contribution is -0.384. The normalized spacial score (nSPS) is 16.0. The number of nitro groups is 1. The Labute approximate surface area is 157 Å². The molecule has 0 bridgehead atoms. The van der Waals surface area contributed by atoms with Crippen molar-refractivity contribution in [1.82, 2.24) is 4.90 Å². The van der Waals surface area contributed by atoms with Crippen molar-refractivity contribution in [3.63, 3.8) is 0 Å². The van der Waals surface area contributed by atoms with Crippen molar-refractivity contribution in [2.75, 3.05) is 42.9 Å². The molecular weight excluding hydrogens is 344 g/mol. The first kappa shape index (κ1) is 17.3. The highest BCUT2D eigenvalue weighted by Gasteiger charge is 2.30. The van der Waals surface area contributed by atoms with Gasteiger partial charge in [-0.05, 0) is 31.5 Å². The molecule has 7 heteroatoms. The van der Waals surface area contributed by atoms with E-state index in [0.717, 1.165) is 29.8 Å². The third-order valence-electron chi connectivity index (χ3n) is 5.33. The quantitative estimate of drug-likeness (QED) is 0.667. The van der Waals surface area contributed by atoms with Gasteiger partial charge in [-0.2, -0.15) is 0 Å². The third kappa shape index (κ3) is 3.20. The third-order valence-corrected chi connectivity index (χ3v) is 5.33. The van der Waals surface area contributed by atoms with Gasteiger partial charge in [0.1, 0.15) is 5.69 Å². The van der Waals surface area contributed by atoms with Crippen molar-refractivity contribution in [1.29, 1.82) is 0 Å². The lowest BCUT2D eigenvalue weighted by Crippen LogP contribution is -2.49. The van der Waals surface area contributed by atoms with E-state index in [1.807, 2.05) is 36.1 Å². The van der Waals surface area contributed by atoms with Crippen LogP contribution in [0, 0.1) is 17.0 Å². The second-order valence-corrected chi connectivity index (χ2v) is 7.04. The molecule has 1 amide bonds. The van der Waals surface area contributed by atoms with Crippen LogP contribution >= 0.6 is 0 Å². The first-order chi connectivity index (χ1) is 13.0. The standard InChI is InChI=1S/C20H22N4O3/c1-14-2-4-15(5-3-14)20(25)23-12-10-22(11-13-23)19-16-8-9-21-17(16)6-7-18(19)24(26)27/h2-7,21H,8-13H2,1H3. The van der Waals surface area contributed by atoms with E-state index in [1.54, 1.807) is 12.1 Å². The molecule has 140 valence electrons.